The second-order valence-corrected chi connectivity index (χ2v) is 6.08. The fourth-order valence-corrected chi connectivity index (χ4v) is 2.87. The highest BCUT2D eigenvalue weighted by Crippen LogP contribution is 2.19. The smallest absolute Gasteiger partial charge is 0.246 e. The molecule has 1 aromatic heterocycles. The number of rotatable bonds is 11. The largest absolute Gasteiger partial charge is 1.00 e. The third-order valence-corrected chi connectivity index (χ3v) is 4.13. The lowest BCUT2D eigenvalue weighted by Gasteiger charge is -2.04. The Labute approximate surface area is 152 Å². The third-order valence-electron chi connectivity index (χ3n) is 4.13. The van der Waals surface area contributed by atoms with Gasteiger partial charge in [-0.2, -0.15) is 0 Å². The Bertz CT molecular complexity index is 598. The molecular weight excluding hydrogens is 324 g/mol. The average molecular weight is 355 g/mol. The van der Waals surface area contributed by atoms with Crippen molar-refractivity contribution in [2.24, 2.45) is 7.05 Å². The van der Waals surface area contributed by atoms with E-state index in [0.29, 0.717) is 13.3 Å². The van der Waals surface area contributed by atoms with Gasteiger partial charge in [0.1, 0.15) is 5.75 Å². The van der Waals surface area contributed by atoms with Crippen LogP contribution in [0.4, 0.5) is 0 Å². The van der Waals surface area contributed by atoms with E-state index in [4.69, 9.17) is 9.47 Å². The Kier molecular flexibility index (Phi) is 9.80. The molecule has 0 amide bonds. The number of unbranched alkanes of at least 4 members (excludes halogenated alkanes) is 5. The Morgan fingerprint density at radius 1 is 1.04 bits per heavy atom. The van der Waals surface area contributed by atoms with Crippen molar-refractivity contribution < 1.29 is 26.4 Å². The Morgan fingerprint density at radius 3 is 2.54 bits per heavy atom. The summed E-state index contributed by atoms with van der Waals surface area (Å²) in [7, 11) is 2.06. The number of nitrogens with zero attached hydrogens (tertiary/aromatic N) is 2. The van der Waals surface area contributed by atoms with Gasteiger partial charge in [0.15, 0.2) is 17.8 Å². The van der Waals surface area contributed by atoms with Gasteiger partial charge in [-0.25, -0.2) is 9.13 Å². The Hall–Kier alpha value is -1.26. The van der Waals surface area contributed by atoms with Gasteiger partial charge in [-0.05, 0) is 25.5 Å². The van der Waals surface area contributed by atoms with Crippen molar-refractivity contribution in [1.29, 1.82) is 0 Å². The van der Waals surface area contributed by atoms with E-state index in [-0.39, 0.29) is 12.4 Å². The lowest BCUT2D eigenvalue weighted by molar-refractivity contribution is -0.646. The van der Waals surface area contributed by atoms with Crippen LogP contribution < -0.4 is 21.7 Å². The highest BCUT2D eigenvalue weighted by molar-refractivity contribution is 5.73. The standard InChI is InChI=1S/C19H31N2O2.ClH/c1-4-6-7-8-9-10-13-22-16-21-15-20(3)18-12-11-17(23-5-2)14-19(18)21;/h11-12,14-15H,4-10,13,16H2,1-3H3;1H/q+1;/p-1. The first kappa shape index (κ1) is 20.8. The SMILES string of the molecule is CCCCCCCCOCn1c[n+](C)c2ccc(OCC)cc21.[Cl-]. The summed E-state index contributed by atoms with van der Waals surface area (Å²) in [5.41, 5.74) is 2.35. The summed E-state index contributed by atoms with van der Waals surface area (Å²) < 4.78 is 15.7. The molecule has 24 heavy (non-hydrogen) atoms. The maximum atomic E-state index is 5.86. The number of hydrogen-bond acceptors (Lipinski definition) is 2. The predicted molar refractivity (Wildman–Crippen MR) is 93.6 cm³/mol. The second-order valence-electron chi connectivity index (χ2n) is 6.08. The van der Waals surface area contributed by atoms with Crippen LogP contribution in [0.2, 0.25) is 0 Å². The van der Waals surface area contributed by atoms with E-state index in [1.165, 1.54) is 37.6 Å². The molecule has 0 saturated carbocycles. The summed E-state index contributed by atoms with van der Waals surface area (Å²) in [4.78, 5) is 0. The van der Waals surface area contributed by atoms with E-state index in [2.05, 4.69) is 41.6 Å². The minimum atomic E-state index is 0. The summed E-state index contributed by atoms with van der Waals surface area (Å²) in [6.45, 7) is 6.38. The highest BCUT2D eigenvalue weighted by atomic mass is 35.5. The lowest BCUT2D eigenvalue weighted by Crippen LogP contribution is -3.00. The summed E-state index contributed by atoms with van der Waals surface area (Å²) >= 11 is 0. The first-order chi connectivity index (χ1) is 11.3. The zero-order valence-corrected chi connectivity index (χ0v) is 16.0. The van der Waals surface area contributed by atoms with Crippen molar-refractivity contribution in [1.82, 2.24) is 4.57 Å². The van der Waals surface area contributed by atoms with Gasteiger partial charge >= 0.3 is 0 Å². The summed E-state index contributed by atoms with van der Waals surface area (Å²) in [6, 6.07) is 6.21. The fourth-order valence-electron chi connectivity index (χ4n) is 2.87. The first-order valence-corrected chi connectivity index (χ1v) is 8.95. The Morgan fingerprint density at radius 2 is 1.79 bits per heavy atom. The summed E-state index contributed by atoms with van der Waals surface area (Å²) in [5.74, 6) is 0.913. The van der Waals surface area contributed by atoms with Gasteiger partial charge in [0, 0.05) is 6.07 Å². The van der Waals surface area contributed by atoms with Gasteiger partial charge in [-0.1, -0.05) is 39.0 Å². The van der Waals surface area contributed by atoms with Crippen LogP contribution in [0.3, 0.4) is 0 Å². The molecule has 136 valence electrons. The second kappa shape index (κ2) is 11.3. The van der Waals surface area contributed by atoms with E-state index < -0.39 is 0 Å². The molecule has 0 bridgehead atoms. The highest BCUT2D eigenvalue weighted by Gasteiger charge is 2.14. The molecule has 4 nitrogen and oxygen atoms in total. The van der Waals surface area contributed by atoms with Crippen LogP contribution in [0.5, 0.6) is 5.75 Å². The van der Waals surface area contributed by atoms with Crippen LogP contribution in [0, 0.1) is 0 Å². The maximum Gasteiger partial charge on any atom is 0.246 e. The number of fused-ring (bicyclic) bond motifs is 1. The quantitative estimate of drug-likeness (QED) is 0.448. The minimum absolute atomic E-state index is 0. The normalized spacial score (nSPS) is 10.8. The van der Waals surface area contributed by atoms with Crippen molar-refractivity contribution in [3.63, 3.8) is 0 Å². The van der Waals surface area contributed by atoms with Crippen LogP contribution in [0.25, 0.3) is 11.0 Å². The minimum Gasteiger partial charge on any atom is -1.00 e. The van der Waals surface area contributed by atoms with Crippen molar-refractivity contribution >= 4 is 11.0 Å². The number of ether oxygens (including phenoxy) is 2. The van der Waals surface area contributed by atoms with E-state index >= 15 is 0 Å². The van der Waals surface area contributed by atoms with Gasteiger partial charge in [0.25, 0.3) is 0 Å². The van der Waals surface area contributed by atoms with Gasteiger partial charge < -0.3 is 21.9 Å². The number of halogens is 1. The van der Waals surface area contributed by atoms with Crippen molar-refractivity contribution in [2.45, 2.75) is 59.1 Å². The van der Waals surface area contributed by atoms with E-state index in [0.717, 1.165) is 24.3 Å². The van der Waals surface area contributed by atoms with Crippen molar-refractivity contribution in [3.05, 3.63) is 24.5 Å². The lowest BCUT2D eigenvalue weighted by atomic mass is 10.1. The molecule has 0 radical (unpaired) electrons. The van der Waals surface area contributed by atoms with E-state index in [1.54, 1.807) is 0 Å². The molecule has 5 heteroatoms. The molecule has 1 aromatic carbocycles. The fraction of sp³-hybridized carbons (Fsp3) is 0.632. The van der Waals surface area contributed by atoms with Crippen LogP contribution in [0.1, 0.15) is 52.4 Å². The maximum absolute atomic E-state index is 5.86. The first-order valence-electron chi connectivity index (χ1n) is 8.95. The number of aromatic nitrogens is 2. The molecule has 2 aromatic rings. The van der Waals surface area contributed by atoms with Crippen LogP contribution in [-0.2, 0) is 18.5 Å². The molecule has 0 aliphatic carbocycles. The zero-order valence-electron chi connectivity index (χ0n) is 15.3. The van der Waals surface area contributed by atoms with Gasteiger partial charge in [-0.15, -0.1) is 0 Å². The molecule has 1 heterocycles. The number of benzene rings is 1. The average Bonchev–Trinajstić information content (AvgIpc) is 2.86. The van der Waals surface area contributed by atoms with Gasteiger partial charge in [-0.3, -0.25) is 0 Å². The third kappa shape index (κ3) is 5.99. The van der Waals surface area contributed by atoms with Gasteiger partial charge in [0.05, 0.1) is 20.3 Å². The number of hydrogen-bond donors (Lipinski definition) is 0. The van der Waals surface area contributed by atoms with Gasteiger partial charge in [0.2, 0.25) is 6.33 Å². The molecule has 0 fully saturated rings. The molecule has 0 aliphatic heterocycles. The van der Waals surface area contributed by atoms with E-state index in [1.807, 2.05) is 13.0 Å². The number of aryl methyl sites for hydroxylation is 1. The zero-order chi connectivity index (χ0) is 16.5. The molecule has 0 spiro atoms. The Balaban J connectivity index is 0.00000288. The molecule has 2 rings (SSSR count). The van der Waals surface area contributed by atoms with Crippen molar-refractivity contribution in [2.75, 3.05) is 13.2 Å². The molecule has 0 saturated heterocycles. The molecule has 0 atom stereocenters. The predicted octanol–water partition coefficient (Wildman–Crippen LogP) is 1.20. The molecule has 0 N–H and O–H groups in total. The summed E-state index contributed by atoms with van der Waals surface area (Å²) in [6.07, 6.45) is 9.85. The van der Waals surface area contributed by atoms with Crippen LogP contribution >= 0.6 is 0 Å². The summed E-state index contributed by atoms with van der Waals surface area (Å²) in [5, 5.41) is 0. The monoisotopic (exact) mass is 354 g/mol. The van der Waals surface area contributed by atoms with Crippen LogP contribution in [-0.4, -0.2) is 17.8 Å². The van der Waals surface area contributed by atoms with E-state index in [9.17, 15) is 0 Å². The van der Waals surface area contributed by atoms with Crippen molar-refractivity contribution in [3.8, 4) is 5.75 Å². The topological polar surface area (TPSA) is 27.3 Å². The number of imidazole rings is 1. The molecule has 0 aliphatic rings. The van der Waals surface area contributed by atoms with Crippen LogP contribution in [0.15, 0.2) is 24.5 Å². The molecule has 0 unspecified atom stereocenters. The molecular formula is C19H31ClN2O2.